The van der Waals surface area contributed by atoms with Crippen LogP contribution in [0.1, 0.15) is 31.2 Å². The van der Waals surface area contributed by atoms with Gasteiger partial charge in [0.05, 0.1) is 12.8 Å². The lowest BCUT2D eigenvalue weighted by molar-refractivity contribution is -0.141. The van der Waals surface area contributed by atoms with Crippen molar-refractivity contribution in [3.8, 4) is 0 Å². The summed E-state index contributed by atoms with van der Waals surface area (Å²) in [6, 6.07) is 7.04. The Balaban J connectivity index is 2.04. The van der Waals surface area contributed by atoms with Gasteiger partial charge >= 0.3 is 5.97 Å². The zero-order chi connectivity index (χ0) is 14.5. The number of carboxylic acids is 1. The molecule has 1 heterocycles. The average Bonchev–Trinajstić information content (AvgIpc) is 2.38. The van der Waals surface area contributed by atoms with Gasteiger partial charge in [-0.25, -0.2) is 0 Å². The van der Waals surface area contributed by atoms with Gasteiger partial charge in [-0.2, -0.15) is 0 Å². The number of carbonyl (C=O) groups excluding carboxylic acids is 1. The Hall–Kier alpha value is -1.55. The maximum atomic E-state index is 12.4. The fourth-order valence-corrected chi connectivity index (χ4v) is 2.88. The Morgan fingerprint density at radius 1 is 1.35 bits per heavy atom. The highest BCUT2D eigenvalue weighted by Crippen LogP contribution is 2.21. The number of likely N-dealkylation sites (tertiary alicyclic amines) is 1. The van der Waals surface area contributed by atoms with E-state index >= 15 is 0 Å². The van der Waals surface area contributed by atoms with Gasteiger partial charge < -0.3 is 10.0 Å². The van der Waals surface area contributed by atoms with Crippen molar-refractivity contribution >= 4 is 23.5 Å². The van der Waals surface area contributed by atoms with Crippen LogP contribution in [0.2, 0.25) is 5.02 Å². The third kappa shape index (κ3) is 3.97. The second-order valence-corrected chi connectivity index (χ2v) is 5.58. The summed E-state index contributed by atoms with van der Waals surface area (Å²) < 4.78 is 0. The number of hydrogen-bond donors (Lipinski definition) is 1. The molecule has 0 spiro atoms. The number of halogens is 1. The first-order valence-electron chi connectivity index (χ1n) is 6.82. The first-order chi connectivity index (χ1) is 9.56. The molecule has 0 aromatic heterocycles. The summed E-state index contributed by atoms with van der Waals surface area (Å²) in [6.07, 6.45) is 3.00. The molecule has 1 aliphatic heterocycles. The van der Waals surface area contributed by atoms with Crippen molar-refractivity contribution in [1.29, 1.82) is 0 Å². The second-order valence-electron chi connectivity index (χ2n) is 5.14. The van der Waals surface area contributed by atoms with Crippen molar-refractivity contribution in [2.45, 2.75) is 38.1 Å². The minimum Gasteiger partial charge on any atom is -0.481 e. The molecular formula is C15H18ClNO3. The molecule has 20 heavy (non-hydrogen) atoms. The summed E-state index contributed by atoms with van der Waals surface area (Å²) in [5.41, 5.74) is 0.863. The van der Waals surface area contributed by atoms with E-state index in [0.29, 0.717) is 11.6 Å². The minimum atomic E-state index is -0.850. The number of amides is 1. The molecule has 1 unspecified atom stereocenters. The normalized spacial score (nSPS) is 18.9. The van der Waals surface area contributed by atoms with Crippen LogP contribution in [0.25, 0.3) is 0 Å². The average molecular weight is 296 g/mol. The second kappa shape index (κ2) is 6.75. The highest BCUT2D eigenvalue weighted by Gasteiger charge is 2.28. The van der Waals surface area contributed by atoms with Gasteiger partial charge in [-0.15, -0.1) is 0 Å². The van der Waals surface area contributed by atoms with Crippen LogP contribution < -0.4 is 0 Å². The molecule has 1 fully saturated rings. The molecule has 4 nitrogen and oxygen atoms in total. The van der Waals surface area contributed by atoms with Crippen LogP contribution in [0.15, 0.2) is 24.3 Å². The van der Waals surface area contributed by atoms with Gasteiger partial charge in [0.15, 0.2) is 0 Å². The van der Waals surface area contributed by atoms with Gasteiger partial charge in [0.2, 0.25) is 5.91 Å². The standard InChI is InChI=1S/C15H18ClNO3/c16-12-5-3-4-11(8-12)9-14(18)17-7-2-1-6-13(17)10-15(19)20/h3-5,8,13H,1-2,6-7,9-10H2,(H,19,20). The lowest BCUT2D eigenvalue weighted by atomic mass is 9.98. The lowest BCUT2D eigenvalue weighted by Gasteiger charge is -2.35. The first kappa shape index (κ1) is 14.9. The van der Waals surface area contributed by atoms with Crippen molar-refractivity contribution in [3.63, 3.8) is 0 Å². The fourth-order valence-electron chi connectivity index (χ4n) is 2.67. The zero-order valence-electron chi connectivity index (χ0n) is 11.2. The van der Waals surface area contributed by atoms with E-state index in [0.717, 1.165) is 24.8 Å². The van der Waals surface area contributed by atoms with Crippen LogP contribution in [-0.2, 0) is 16.0 Å². The van der Waals surface area contributed by atoms with Gasteiger partial charge in [0.1, 0.15) is 0 Å². The van der Waals surface area contributed by atoms with Gasteiger partial charge in [0.25, 0.3) is 0 Å². The third-order valence-corrected chi connectivity index (χ3v) is 3.84. The van der Waals surface area contributed by atoms with Crippen molar-refractivity contribution < 1.29 is 14.7 Å². The molecule has 5 heteroatoms. The van der Waals surface area contributed by atoms with Crippen molar-refractivity contribution in [2.75, 3.05) is 6.54 Å². The zero-order valence-corrected chi connectivity index (χ0v) is 12.0. The summed E-state index contributed by atoms with van der Waals surface area (Å²) in [4.78, 5) is 25.0. The smallest absolute Gasteiger partial charge is 0.305 e. The molecule has 2 rings (SSSR count). The van der Waals surface area contributed by atoms with E-state index in [1.54, 1.807) is 17.0 Å². The van der Waals surface area contributed by atoms with E-state index in [2.05, 4.69) is 0 Å². The first-order valence-corrected chi connectivity index (χ1v) is 7.20. The van der Waals surface area contributed by atoms with Crippen molar-refractivity contribution in [2.24, 2.45) is 0 Å². The van der Waals surface area contributed by atoms with E-state index in [1.165, 1.54) is 0 Å². The maximum absolute atomic E-state index is 12.4. The van der Waals surface area contributed by atoms with E-state index in [9.17, 15) is 9.59 Å². The monoisotopic (exact) mass is 295 g/mol. The SMILES string of the molecule is O=C(O)CC1CCCCN1C(=O)Cc1cccc(Cl)c1. The highest BCUT2D eigenvalue weighted by molar-refractivity contribution is 6.30. The number of nitrogens with zero attached hydrogens (tertiary/aromatic N) is 1. The van der Waals surface area contributed by atoms with Crippen molar-refractivity contribution in [1.82, 2.24) is 4.90 Å². The van der Waals surface area contributed by atoms with Gasteiger partial charge in [-0.3, -0.25) is 9.59 Å². The molecule has 1 saturated heterocycles. The van der Waals surface area contributed by atoms with Crippen molar-refractivity contribution in [3.05, 3.63) is 34.9 Å². The summed E-state index contributed by atoms with van der Waals surface area (Å²) >= 11 is 5.91. The number of benzene rings is 1. The molecule has 108 valence electrons. The molecule has 0 bridgehead atoms. The van der Waals surface area contributed by atoms with Crippen LogP contribution in [0.3, 0.4) is 0 Å². The molecular weight excluding hydrogens is 278 g/mol. The van der Waals surface area contributed by atoms with Gasteiger partial charge in [-0.1, -0.05) is 23.7 Å². The molecule has 0 radical (unpaired) electrons. The molecule has 0 saturated carbocycles. The molecule has 1 atom stereocenters. The van der Waals surface area contributed by atoms with E-state index in [1.807, 2.05) is 12.1 Å². The summed E-state index contributed by atoms with van der Waals surface area (Å²) in [7, 11) is 0. The number of hydrogen-bond acceptors (Lipinski definition) is 2. The van der Waals surface area contributed by atoms with E-state index in [4.69, 9.17) is 16.7 Å². The van der Waals surface area contributed by atoms with Crippen LogP contribution in [-0.4, -0.2) is 34.5 Å². The summed E-state index contributed by atoms with van der Waals surface area (Å²) in [5, 5.41) is 9.54. The Morgan fingerprint density at radius 3 is 2.85 bits per heavy atom. The maximum Gasteiger partial charge on any atom is 0.305 e. The van der Waals surface area contributed by atoms with E-state index < -0.39 is 5.97 Å². The molecule has 1 N–H and O–H groups in total. The molecule has 1 amide bonds. The van der Waals surface area contributed by atoms with Gasteiger partial charge in [0, 0.05) is 17.6 Å². The predicted octanol–water partition coefficient (Wildman–Crippen LogP) is 2.74. The molecule has 1 aliphatic rings. The number of carboxylic acid groups (broad SMARTS) is 1. The third-order valence-electron chi connectivity index (χ3n) is 3.60. The van der Waals surface area contributed by atoms with E-state index in [-0.39, 0.29) is 24.8 Å². The van der Waals surface area contributed by atoms with Crippen LogP contribution in [0, 0.1) is 0 Å². The van der Waals surface area contributed by atoms with Gasteiger partial charge in [-0.05, 0) is 37.0 Å². The topological polar surface area (TPSA) is 57.6 Å². The van der Waals surface area contributed by atoms with Crippen LogP contribution in [0.4, 0.5) is 0 Å². The Labute approximate surface area is 123 Å². The number of rotatable bonds is 4. The lowest BCUT2D eigenvalue weighted by Crippen LogP contribution is -2.45. The molecule has 0 aliphatic carbocycles. The van der Waals surface area contributed by atoms with Crippen LogP contribution in [0.5, 0.6) is 0 Å². The summed E-state index contributed by atoms with van der Waals surface area (Å²) in [5.74, 6) is -0.865. The predicted molar refractivity (Wildman–Crippen MR) is 76.8 cm³/mol. The number of aliphatic carboxylic acids is 1. The number of carbonyl (C=O) groups is 2. The Morgan fingerprint density at radius 2 is 2.15 bits per heavy atom. The molecule has 1 aromatic carbocycles. The molecule has 1 aromatic rings. The number of piperidine rings is 1. The highest BCUT2D eigenvalue weighted by atomic mass is 35.5. The Bertz CT molecular complexity index is 504. The fraction of sp³-hybridized carbons (Fsp3) is 0.467. The quantitative estimate of drug-likeness (QED) is 0.929. The Kier molecular flexibility index (Phi) is 5.01. The summed E-state index contributed by atoms with van der Waals surface area (Å²) in [6.45, 7) is 0.650. The largest absolute Gasteiger partial charge is 0.481 e. The minimum absolute atomic E-state index is 0.0155. The van der Waals surface area contributed by atoms with Crippen LogP contribution >= 0.6 is 11.6 Å².